The first-order chi connectivity index (χ1) is 8.53. The predicted octanol–water partition coefficient (Wildman–Crippen LogP) is 4.19. The lowest BCUT2D eigenvalue weighted by molar-refractivity contribution is -0.273. The normalized spacial score (nSPS) is 12.8. The second-order valence-electron chi connectivity index (χ2n) is 3.75. The third-order valence-corrected chi connectivity index (χ3v) is 2.67. The standard InChI is InChI=1S/C11H7ClF6O/c12-7-4-2-1-3-6(7)5-8(19)9(10(13,14)15)11(16,17)18/h1-4,9H,5H2. The highest BCUT2D eigenvalue weighted by Gasteiger charge is 2.60. The lowest BCUT2D eigenvalue weighted by atomic mass is 9.96. The van der Waals surface area contributed by atoms with Crippen LogP contribution in [0.4, 0.5) is 26.3 Å². The van der Waals surface area contributed by atoms with Gasteiger partial charge >= 0.3 is 12.4 Å². The molecule has 19 heavy (non-hydrogen) atoms. The molecule has 0 atom stereocenters. The van der Waals surface area contributed by atoms with Crippen LogP contribution in [0.15, 0.2) is 24.3 Å². The van der Waals surface area contributed by atoms with Gasteiger partial charge in [-0.15, -0.1) is 0 Å². The summed E-state index contributed by atoms with van der Waals surface area (Å²) in [6.45, 7) is 0. The Labute approximate surface area is 109 Å². The zero-order chi connectivity index (χ0) is 14.8. The van der Waals surface area contributed by atoms with Crippen LogP contribution in [0.25, 0.3) is 0 Å². The zero-order valence-electron chi connectivity index (χ0n) is 9.15. The van der Waals surface area contributed by atoms with Crippen LogP contribution < -0.4 is 0 Å². The molecule has 0 aromatic heterocycles. The van der Waals surface area contributed by atoms with Gasteiger partial charge in [0.05, 0.1) is 0 Å². The molecule has 0 saturated carbocycles. The number of hydrogen-bond acceptors (Lipinski definition) is 1. The van der Waals surface area contributed by atoms with Crippen molar-refractivity contribution in [2.45, 2.75) is 18.8 Å². The Morgan fingerprint density at radius 2 is 1.53 bits per heavy atom. The van der Waals surface area contributed by atoms with Crippen molar-refractivity contribution in [3.8, 4) is 0 Å². The van der Waals surface area contributed by atoms with Crippen LogP contribution in [-0.4, -0.2) is 18.1 Å². The SMILES string of the molecule is O=C(Cc1ccccc1Cl)C(C(F)(F)F)C(F)(F)F. The van der Waals surface area contributed by atoms with Crippen LogP contribution in [0, 0.1) is 5.92 Å². The number of hydrogen-bond donors (Lipinski definition) is 0. The first-order valence-corrected chi connectivity index (χ1v) is 5.31. The van der Waals surface area contributed by atoms with E-state index in [-0.39, 0.29) is 10.6 Å². The van der Waals surface area contributed by atoms with E-state index >= 15 is 0 Å². The molecule has 0 aliphatic heterocycles. The molecule has 0 N–H and O–H groups in total. The Morgan fingerprint density at radius 1 is 1.05 bits per heavy atom. The average molecular weight is 305 g/mol. The maximum Gasteiger partial charge on any atom is 0.407 e. The quantitative estimate of drug-likeness (QED) is 0.765. The van der Waals surface area contributed by atoms with Crippen LogP contribution in [-0.2, 0) is 11.2 Å². The van der Waals surface area contributed by atoms with Gasteiger partial charge in [-0.25, -0.2) is 0 Å². The monoisotopic (exact) mass is 304 g/mol. The van der Waals surface area contributed by atoms with Crippen LogP contribution >= 0.6 is 11.6 Å². The van der Waals surface area contributed by atoms with Gasteiger partial charge in [0.15, 0.2) is 5.78 Å². The number of carbonyl (C=O) groups excluding carboxylic acids is 1. The zero-order valence-corrected chi connectivity index (χ0v) is 9.90. The Hall–Kier alpha value is -1.24. The fourth-order valence-electron chi connectivity index (χ4n) is 1.48. The molecule has 0 spiro atoms. The molecule has 0 bridgehead atoms. The van der Waals surface area contributed by atoms with E-state index in [0.717, 1.165) is 0 Å². The summed E-state index contributed by atoms with van der Waals surface area (Å²) in [7, 11) is 0. The van der Waals surface area contributed by atoms with Crippen molar-refractivity contribution in [2.24, 2.45) is 5.92 Å². The van der Waals surface area contributed by atoms with Gasteiger partial charge in [-0.05, 0) is 11.6 Å². The minimum absolute atomic E-state index is 0.0565. The Morgan fingerprint density at radius 3 is 1.95 bits per heavy atom. The molecular weight excluding hydrogens is 298 g/mol. The molecule has 0 radical (unpaired) electrons. The third-order valence-electron chi connectivity index (χ3n) is 2.30. The second kappa shape index (κ2) is 5.40. The van der Waals surface area contributed by atoms with Gasteiger partial charge in [0.25, 0.3) is 0 Å². The van der Waals surface area contributed by atoms with E-state index in [1.54, 1.807) is 0 Å². The Bertz CT molecular complexity index is 451. The van der Waals surface area contributed by atoms with Crippen molar-refractivity contribution in [1.82, 2.24) is 0 Å². The summed E-state index contributed by atoms with van der Waals surface area (Å²) in [5, 5.41) is -0.0565. The number of carbonyl (C=O) groups is 1. The van der Waals surface area contributed by atoms with Crippen molar-refractivity contribution in [1.29, 1.82) is 0 Å². The van der Waals surface area contributed by atoms with E-state index < -0.39 is 30.5 Å². The van der Waals surface area contributed by atoms with Crippen molar-refractivity contribution < 1.29 is 31.1 Å². The fraction of sp³-hybridized carbons (Fsp3) is 0.364. The molecule has 0 amide bonds. The summed E-state index contributed by atoms with van der Waals surface area (Å²) >= 11 is 5.59. The topological polar surface area (TPSA) is 17.1 Å². The van der Waals surface area contributed by atoms with Gasteiger partial charge in [0, 0.05) is 11.4 Å². The molecule has 0 aliphatic carbocycles. The summed E-state index contributed by atoms with van der Waals surface area (Å²) < 4.78 is 73.8. The number of alkyl halides is 6. The number of rotatable bonds is 3. The molecule has 0 aliphatic rings. The van der Waals surface area contributed by atoms with E-state index in [9.17, 15) is 31.1 Å². The van der Waals surface area contributed by atoms with Gasteiger partial charge in [0.1, 0.15) is 0 Å². The van der Waals surface area contributed by atoms with E-state index in [1.165, 1.54) is 24.3 Å². The van der Waals surface area contributed by atoms with Crippen LogP contribution in [0.1, 0.15) is 5.56 Å². The summed E-state index contributed by atoms with van der Waals surface area (Å²) in [5.41, 5.74) is -0.0762. The highest BCUT2D eigenvalue weighted by atomic mass is 35.5. The Kier molecular flexibility index (Phi) is 4.50. The van der Waals surface area contributed by atoms with Crippen molar-refractivity contribution in [3.05, 3.63) is 34.9 Å². The van der Waals surface area contributed by atoms with E-state index in [1.807, 2.05) is 0 Å². The summed E-state index contributed by atoms with van der Waals surface area (Å²) in [4.78, 5) is 11.3. The minimum Gasteiger partial charge on any atom is -0.298 e. The molecule has 8 heteroatoms. The molecule has 0 unspecified atom stereocenters. The van der Waals surface area contributed by atoms with E-state index in [4.69, 9.17) is 11.6 Å². The molecule has 0 fully saturated rings. The molecule has 0 saturated heterocycles. The minimum atomic E-state index is -5.67. The lowest BCUT2D eigenvalue weighted by Gasteiger charge is -2.21. The largest absolute Gasteiger partial charge is 0.407 e. The molecule has 1 aromatic rings. The van der Waals surface area contributed by atoms with Crippen LogP contribution in [0.5, 0.6) is 0 Å². The van der Waals surface area contributed by atoms with Crippen LogP contribution in [0.2, 0.25) is 5.02 Å². The van der Waals surface area contributed by atoms with Crippen molar-refractivity contribution in [2.75, 3.05) is 0 Å². The maximum absolute atomic E-state index is 12.3. The van der Waals surface area contributed by atoms with E-state index in [2.05, 4.69) is 0 Å². The summed E-state index contributed by atoms with van der Waals surface area (Å²) in [6, 6.07) is 5.29. The molecular formula is C11H7ClF6O. The molecule has 1 rings (SSSR count). The average Bonchev–Trinajstić information content (AvgIpc) is 2.16. The van der Waals surface area contributed by atoms with Gasteiger partial charge in [-0.2, -0.15) is 26.3 Å². The van der Waals surface area contributed by atoms with Gasteiger partial charge in [0.2, 0.25) is 5.92 Å². The molecule has 0 heterocycles. The number of halogens is 7. The van der Waals surface area contributed by atoms with E-state index in [0.29, 0.717) is 0 Å². The number of ketones is 1. The molecule has 1 nitrogen and oxygen atoms in total. The highest BCUT2D eigenvalue weighted by molar-refractivity contribution is 6.31. The summed E-state index contributed by atoms with van der Waals surface area (Å²) in [6.07, 6.45) is -12.4. The van der Waals surface area contributed by atoms with Crippen LogP contribution in [0.3, 0.4) is 0 Å². The first-order valence-electron chi connectivity index (χ1n) is 4.93. The maximum atomic E-state index is 12.3. The fourth-order valence-corrected chi connectivity index (χ4v) is 1.68. The predicted molar refractivity (Wildman–Crippen MR) is 55.8 cm³/mol. The van der Waals surface area contributed by atoms with Gasteiger partial charge in [-0.1, -0.05) is 29.8 Å². The Balaban J connectivity index is 3.01. The van der Waals surface area contributed by atoms with Gasteiger partial charge < -0.3 is 0 Å². The van der Waals surface area contributed by atoms with Gasteiger partial charge in [-0.3, -0.25) is 4.79 Å². The van der Waals surface area contributed by atoms with Crippen molar-refractivity contribution >= 4 is 17.4 Å². The number of Topliss-reactive ketones (excluding diaryl/α,β-unsaturated/α-hetero) is 1. The number of benzene rings is 1. The highest BCUT2D eigenvalue weighted by Crippen LogP contribution is 2.40. The summed E-state index contributed by atoms with van der Waals surface area (Å²) in [5.74, 6) is -5.97. The molecule has 106 valence electrons. The van der Waals surface area contributed by atoms with Crippen molar-refractivity contribution in [3.63, 3.8) is 0 Å². The lowest BCUT2D eigenvalue weighted by Crippen LogP contribution is -2.43. The second-order valence-corrected chi connectivity index (χ2v) is 4.16. The molecule has 1 aromatic carbocycles. The third kappa shape index (κ3) is 4.12. The smallest absolute Gasteiger partial charge is 0.298 e. The first kappa shape index (κ1) is 15.8.